The van der Waals surface area contributed by atoms with E-state index in [-0.39, 0.29) is 24.2 Å². The molecule has 0 bridgehead atoms. The van der Waals surface area contributed by atoms with E-state index in [0.29, 0.717) is 19.5 Å². The zero-order chi connectivity index (χ0) is 20.6. The van der Waals surface area contributed by atoms with Crippen molar-refractivity contribution in [3.63, 3.8) is 0 Å². The number of rotatable bonds is 8. The van der Waals surface area contributed by atoms with Gasteiger partial charge in [-0.1, -0.05) is 48.5 Å². The number of carboxylic acids is 1. The number of hydrogen-bond donors (Lipinski definition) is 1. The van der Waals surface area contributed by atoms with Crippen molar-refractivity contribution in [3.8, 4) is 0 Å². The number of piperidine rings is 1. The largest absolute Gasteiger partial charge is 0.481 e. The molecule has 0 saturated carbocycles. The standard InChI is InChI=1S/C24H30N2O3/c1-25(22-10-6-3-7-11-22)14-12-21-18-26(15-13-20(21)17-24(28)29)23(27)16-19-8-4-2-5-9-19/h2-11,20-21H,12-18H2,1H3,(H,28,29)/t20-,21-/m0/s1. The fraction of sp³-hybridized carbons (Fsp3) is 0.417. The van der Waals surface area contributed by atoms with E-state index in [9.17, 15) is 14.7 Å². The summed E-state index contributed by atoms with van der Waals surface area (Å²) in [6, 6.07) is 20.0. The molecule has 5 nitrogen and oxygen atoms in total. The molecule has 1 N–H and O–H groups in total. The second-order valence-electron chi connectivity index (χ2n) is 7.95. The van der Waals surface area contributed by atoms with Crippen LogP contribution in [0.1, 0.15) is 24.8 Å². The summed E-state index contributed by atoms with van der Waals surface area (Å²) in [4.78, 5) is 28.3. The molecule has 29 heavy (non-hydrogen) atoms. The van der Waals surface area contributed by atoms with Gasteiger partial charge < -0.3 is 14.9 Å². The van der Waals surface area contributed by atoms with Crippen LogP contribution in [-0.2, 0) is 16.0 Å². The van der Waals surface area contributed by atoms with Crippen molar-refractivity contribution in [2.45, 2.75) is 25.7 Å². The van der Waals surface area contributed by atoms with E-state index in [1.807, 2.05) is 53.4 Å². The quantitative estimate of drug-likeness (QED) is 0.742. The molecule has 2 atom stereocenters. The molecule has 1 aliphatic heterocycles. The first-order valence-electron chi connectivity index (χ1n) is 10.3. The minimum Gasteiger partial charge on any atom is -0.481 e. The van der Waals surface area contributed by atoms with Crippen molar-refractivity contribution < 1.29 is 14.7 Å². The molecule has 154 valence electrons. The van der Waals surface area contributed by atoms with E-state index < -0.39 is 5.97 Å². The maximum Gasteiger partial charge on any atom is 0.303 e. The average molecular weight is 395 g/mol. The van der Waals surface area contributed by atoms with E-state index >= 15 is 0 Å². The Morgan fingerprint density at radius 1 is 1.03 bits per heavy atom. The number of hydrogen-bond acceptors (Lipinski definition) is 3. The van der Waals surface area contributed by atoms with Crippen LogP contribution >= 0.6 is 0 Å². The van der Waals surface area contributed by atoms with Crippen LogP contribution in [0.2, 0.25) is 0 Å². The van der Waals surface area contributed by atoms with Crippen molar-refractivity contribution in [1.29, 1.82) is 0 Å². The monoisotopic (exact) mass is 394 g/mol. The molecule has 2 aromatic carbocycles. The molecule has 5 heteroatoms. The summed E-state index contributed by atoms with van der Waals surface area (Å²) in [5.41, 5.74) is 2.17. The van der Waals surface area contributed by atoms with Crippen molar-refractivity contribution in [2.75, 3.05) is 31.6 Å². The van der Waals surface area contributed by atoms with Gasteiger partial charge in [-0.2, -0.15) is 0 Å². The number of likely N-dealkylation sites (tertiary alicyclic amines) is 1. The third-order valence-electron chi connectivity index (χ3n) is 5.91. The van der Waals surface area contributed by atoms with Crippen LogP contribution in [-0.4, -0.2) is 48.6 Å². The van der Waals surface area contributed by atoms with E-state index in [4.69, 9.17) is 0 Å². The number of para-hydroxylation sites is 1. The summed E-state index contributed by atoms with van der Waals surface area (Å²) in [5.74, 6) is -0.296. The molecule has 0 aromatic heterocycles. The van der Waals surface area contributed by atoms with E-state index in [1.165, 1.54) is 0 Å². The Hall–Kier alpha value is -2.82. The van der Waals surface area contributed by atoms with Crippen LogP contribution in [0.4, 0.5) is 5.69 Å². The molecule has 0 aliphatic carbocycles. The normalized spacial score (nSPS) is 19.0. The third-order valence-corrected chi connectivity index (χ3v) is 5.91. The molecule has 0 spiro atoms. The van der Waals surface area contributed by atoms with E-state index in [2.05, 4.69) is 24.1 Å². The summed E-state index contributed by atoms with van der Waals surface area (Å²) >= 11 is 0. The van der Waals surface area contributed by atoms with Crippen molar-refractivity contribution >= 4 is 17.6 Å². The van der Waals surface area contributed by atoms with Gasteiger partial charge in [0.2, 0.25) is 5.91 Å². The summed E-state index contributed by atoms with van der Waals surface area (Å²) < 4.78 is 0. The molecule has 1 saturated heterocycles. The number of amides is 1. The van der Waals surface area contributed by atoms with Gasteiger partial charge in [0.05, 0.1) is 6.42 Å². The number of benzene rings is 2. The Bertz CT molecular complexity index is 794. The predicted octanol–water partition coefficient (Wildman–Crippen LogP) is 3.70. The number of aliphatic carboxylic acids is 1. The van der Waals surface area contributed by atoms with Crippen molar-refractivity contribution in [2.24, 2.45) is 11.8 Å². The lowest BCUT2D eigenvalue weighted by atomic mass is 9.81. The summed E-state index contributed by atoms with van der Waals surface area (Å²) in [6.45, 7) is 2.13. The Labute approximate surface area is 172 Å². The number of carboxylic acid groups (broad SMARTS) is 1. The van der Waals surface area contributed by atoms with Crippen LogP contribution in [0.25, 0.3) is 0 Å². The second kappa shape index (κ2) is 10.1. The van der Waals surface area contributed by atoms with E-state index in [1.54, 1.807) is 0 Å². The van der Waals surface area contributed by atoms with Gasteiger partial charge in [0.1, 0.15) is 0 Å². The number of anilines is 1. The lowest BCUT2D eigenvalue weighted by Gasteiger charge is -2.39. The highest BCUT2D eigenvalue weighted by atomic mass is 16.4. The van der Waals surface area contributed by atoms with Crippen molar-refractivity contribution in [3.05, 3.63) is 66.2 Å². The molecular weight excluding hydrogens is 364 g/mol. The topological polar surface area (TPSA) is 60.9 Å². The smallest absolute Gasteiger partial charge is 0.303 e. The molecule has 0 radical (unpaired) electrons. The number of carbonyl (C=O) groups is 2. The number of carbonyl (C=O) groups excluding carboxylic acids is 1. The fourth-order valence-electron chi connectivity index (χ4n) is 4.18. The lowest BCUT2D eigenvalue weighted by molar-refractivity contribution is -0.139. The predicted molar refractivity (Wildman–Crippen MR) is 115 cm³/mol. The van der Waals surface area contributed by atoms with Gasteiger partial charge in [-0.25, -0.2) is 0 Å². The summed E-state index contributed by atoms with van der Waals surface area (Å²) in [6.07, 6.45) is 2.21. The van der Waals surface area contributed by atoms with Crippen LogP contribution in [0.5, 0.6) is 0 Å². The summed E-state index contributed by atoms with van der Waals surface area (Å²) in [7, 11) is 2.06. The molecule has 1 amide bonds. The van der Waals surface area contributed by atoms with Crippen LogP contribution in [0, 0.1) is 11.8 Å². The van der Waals surface area contributed by atoms with Gasteiger partial charge in [-0.15, -0.1) is 0 Å². The minimum atomic E-state index is -0.750. The van der Waals surface area contributed by atoms with E-state index in [0.717, 1.165) is 30.6 Å². The van der Waals surface area contributed by atoms with Gasteiger partial charge in [-0.05, 0) is 42.4 Å². The lowest BCUT2D eigenvalue weighted by Crippen LogP contribution is -2.45. The highest BCUT2D eigenvalue weighted by Gasteiger charge is 2.32. The maximum absolute atomic E-state index is 12.8. The van der Waals surface area contributed by atoms with Gasteiger partial charge in [-0.3, -0.25) is 9.59 Å². The molecule has 2 aromatic rings. The molecule has 0 unspecified atom stereocenters. The molecule has 1 fully saturated rings. The Morgan fingerprint density at radius 3 is 2.34 bits per heavy atom. The minimum absolute atomic E-state index is 0.123. The van der Waals surface area contributed by atoms with Crippen LogP contribution < -0.4 is 4.90 Å². The maximum atomic E-state index is 12.8. The second-order valence-corrected chi connectivity index (χ2v) is 7.95. The molecule has 1 heterocycles. The zero-order valence-corrected chi connectivity index (χ0v) is 17.0. The SMILES string of the molecule is CN(CC[C@H]1CN(C(=O)Cc2ccccc2)CC[C@H]1CC(=O)O)c1ccccc1. The highest BCUT2D eigenvalue weighted by molar-refractivity contribution is 5.79. The Kier molecular flexibility index (Phi) is 7.28. The van der Waals surface area contributed by atoms with Gasteiger partial charge >= 0.3 is 5.97 Å². The van der Waals surface area contributed by atoms with Gasteiger partial charge in [0, 0.05) is 38.8 Å². The first kappa shape index (κ1) is 20.9. The van der Waals surface area contributed by atoms with Gasteiger partial charge in [0.15, 0.2) is 0 Å². The third kappa shape index (κ3) is 6.08. The number of nitrogens with zero attached hydrogens (tertiary/aromatic N) is 2. The van der Waals surface area contributed by atoms with Crippen LogP contribution in [0.15, 0.2) is 60.7 Å². The summed E-state index contributed by atoms with van der Waals surface area (Å²) in [5, 5.41) is 9.32. The molecule has 3 rings (SSSR count). The Morgan fingerprint density at radius 2 is 1.69 bits per heavy atom. The average Bonchev–Trinajstić information content (AvgIpc) is 2.73. The van der Waals surface area contributed by atoms with Crippen LogP contribution in [0.3, 0.4) is 0 Å². The highest BCUT2D eigenvalue weighted by Crippen LogP contribution is 2.30. The molecular formula is C24H30N2O3. The Balaban J connectivity index is 1.62. The van der Waals surface area contributed by atoms with Crippen molar-refractivity contribution in [1.82, 2.24) is 4.90 Å². The first-order valence-corrected chi connectivity index (χ1v) is 10.3. The molecule has 1 aliphatic rings. The fourth-order valence-corrected chi connectivity index (χ4v) is 4.18. The van der Waals surface area contributed by atoms with Gasteiger partial charge in [0.25, 0.3) is 0 Å². The first-order chi connectivity index (χ1) is 14.0. The zero-order valence-electron chi connectivity index (χ0n) is 17.0.